The lowest BCUT2D eigenvalue weighted by Gasteiger charge is -2.21. The van der Waals surface area contributed by atoms with Gasteiger partial charge in [0.05, 0.1) is 5.69 Å². The number of hydrogen-bond acceptors (Lipinski definition) is 2. The van der Waals surface area contributed by atoms with Gasteiger partial charge in [-0.3, -0.25) is 4.79 Å². The minimum absolute atomic E-state index is 0.674. The third-order valence-corrected chi connectivity index (χ3v) is 3.39. The van der Waals surface area contributed by atoms with Crippen LogP contribution in [0.25, 0.3) is 0 Å². The van der Waals surface area contributed by atoms with Crippen LogP contribution < -0.4 is 4.90 Å². The zero-order valence-electron chi connectivity index (χ0n) is 10.4. The standard InChI is InChI=1S/C15H14BrNO/c1-11-3-6-14(7-4-11)17(2)15-8-5-13(16)9-12(15)10-18/h3-10H,1-2H3. The minimum atomic E-state index is 0.674. The van der Waals surface area contributed by atoms with Gasteiger partial charge in [-0.1, -0.05) is 33.6 Å². The molecule has 0 aromatic heterocycles. The molecule has 0 bridgehead atoms. The van der Waals surface area contributed by atoms with Crippen LogP contribution in [0.15, 0.2) is 46.9 Å². The second-order valence-electron chi connectivity index (χ2n) is 4.22. The van der Waals surface area contributed by atoms with Crippen LogP contribution in [-0.4, -0.2) is 13.3 Å². The first-order chi connectivity index (χ1) is 8.61. The number of aryl methyl sites for hydroxylation is 1. The Labute approximate surface area is 115 Å². The zero-order chi connectivity index (χ0) is 13.1. The van der Waals surface area contributed by atoms with Crippen LogP contribution in [-0.2, 0) is 0 Å². The maximum Gasteiger partial charge on any atom is 0.152 e. The molecule has 0 spiro atoms. The van der Waals surface area contributed by atoms with Crippen LogP contribution in [0.1, 0.15) is 15.9 Å². The molecular weight excluding hydrogens is 290 g/mol. The van der Waals surface area contributed by atoms with Crippen molar-refractivity contribution in [3.63, 3.8) is 0 Å². The molecule has 2 rings (SSSR count). The summed E-state index contributed by atoms with van der Waals surface area (Å²) in [6, 6.07) is 13.9. The average Bonchev–Trinajstić information content (AvgIpc) is 2.38. The number of rotatable bonds is 3. The first kappa shape index (κ1) is 12.8. The minimum Gasteiger partial charge on any atom is -0.344 e. The van der Waals surface area contributed by atoms with Crippen molar-refractivity contribution >= 4 is 33.6 Å². The molecule has 0 aliphatic rings. The van der Waals surface area contributed by atoms with Crippen LogP contribution in [0.4, 0.5) is 11.4 Å². The fourth-order valence-electron chi connectivity index (χ4n) is 1.83. The van der Waals surface area contributed by atoms with E-state index in [-0.39, 0.29) is 0 Å². The largest absolute Gasteiger partial charge is 0.344 e. The summed E-state index contributed by atoms with van der Waals surface area (Å²) in [6.45, 7) is 2.06. The molecule has 0 aliphatic heterocycles. The van der Waals surface area contributed by atoms with Gasteiger partial charge in [-0.2, -0.15) is 0 Å². The highest BCUT2D eigenvalue weighted by Crippen LogP contribution is 2.28. The summed E-state index contributed by atoms with van der Waals surface area (Å²) in [5, 5.41) is 0. The molecule has 0 heterocycles. The van der Waals surface area contributed by atoms with Crippen molar-refractivity contribution in [1.29, 1.82) is 0 Å². The van der Waals surface area contributed by atoms with Gasteiger partial charge in [0.1, 0.15) is 0 Å². The van der Waals surface area contributed by atoms with Crippen LogP contribution in [0, 0.1) is 6.92 Å². The molecule has 2 aromatic carbocycles. The summed E-state index contributed by atoms with van der Waals surface area (Å²) in [4.78, 5) is 13.1. The second-order valence-corrected chi connectivity index (χ2v) is 5.13. The van der Waals surface area contributed by atoms with Crippen LogP contribution >= 0.6 is 15.9 Å². The lowest BCUT2D eigenvalue weighted by Crippen LogP contribution is -2.11. The number of aldehydes is 1. The van der Waals surface area contributed by atoms with Gasteiger partial charge in [-0.25, -0.2) is 0 Å². The molecular formula is C15H14BrNO. The molecule has 0 fully saturated rings. The van der Waals surface area contributed by atoms with Crippen LogP contribution in [0.2, 0.25) is 0 Å². The van der Waals surface area contributed by atoms with Gasteiger partial charge in [-0.05, 0) is 37.3 Å². The maximum absolute atomic E-state index is 11.1. The zero-order valence-corrected chi connectivity index (χ0v) is 11.9. The van der Waals surface area contributed by atoms with Crippen molar-refractivity contribution in [2.75, 3.05) is 11.9 Å². The van der Waals surface area contributed by atoms with Crippen molar-refractivity contribution in [3.8, 4) is 0 Å². The fourth-order valence-corrected chi connectivity index (χ4v) is 2.21. The summed E-state index contributed by atoms with van der Waals surface area (Å²) in [5.41, 5.74) is 3.86. The summed E-state index contributed by atoms with van der Waals surface area (Å²) in [6.07, 6.45) is 0.880. The molecule has 0 atom stereocenters. The first-order valence-electron chi connectivity index (χ1n) is 5.67. The lowest BCUT2D eigenvalue weighted by atomic mass is 10.1. The number of carbonyl (C=O) groups is 1. The second kappa shape index (κ2) is 5.36. The van der Waals surface area contributed by atoms with Crippen molar-refractivity contribution in [2.24, 2.45) is 0 Å². The van der Waals surface area contributed by atoms with Crippen molar-refractivity contribution < 1.29 is 4.79 Å². The first-order valence-corrected chi connectivity index (χ1v) is 6.46. The number of halogens is 1. The van der Waals surface area contributed by atoms with Gasteiger partial charge in [0, 0.05) is 22.8 Å². The Morgan fingerprint density at radius 3 is 2.39 bits per heavy atom. The number of hydrogen-bond donors (Lipinski definition) is 0. The Morgan fingerprint density at radius 2 is 1.78 bits per heavy atom. The molecule has 0 radical (unpaired) electrons. The van der Waals surface area contributed by atoms with E-state index in [2.05, 4.69) is 35.0 Å². The summed E-state index contributed by atoms with van der Waals surface area (Å²) < 4.78 is 0.908. The highest BCUT2D eigenvalue weighted by atomic mass is 79.9. The molecule has 3 heteroatoms. The summed E-state index contributed by atoms with van der Waals surface area (Å²) in [5.74, 6) is 0. The average molecular weight is 304 g/mol. The Kier molecular flexibility index (Phi) is 3.82. The maximum atomic E-state index is 11.1. The molecule has 0 N–H and O–H groups in total. The molecule has 0 saturated carbocycles. The Bertz CT molecular complexity index is 563. The quantitative estimate of drug-likeness (QED) is 0.786. The Balaban J connectivity index is 2.42. The van der Waals surface area contributed by atoms with Gasteiger partial charge >= 0.3 is 0 Å². The SMILES string of the molecule is Cc1ccc(N(C)c2ccc(Br)cc2C=O)cc1. The Morgan fingerprint density at radius 1 is 1.11 bits per heavy atom. The van der Waals surface area contributed by atoms with Gasteiger partial charge < -0.3 is 4.90 Å². The highest BCUT2D eigenvalue weighted by molar-refractivity contribution is 9.10. The third kappa shape index (κ3) is 2.62. The third-order valence-electron chi connectivity index (χ3n) is 2.90. The smallest absolute Gasteiger partial charge is 0.152 e. The van der Waals surface area contributed by atoms with Gasteiger partial charge in [0.15, 0.2) is 6.29 Å². The van der Waals surface area contributed by atoms with E-state index in [9.17, 15) is 4.79 Å². The van der Waals surface area contributed by atoms with E-state index < -0.39 is 0 Å². The van der Waals surface area contributed by atoms with E-state index in [1.807, 2.05) is 42.3 Å². The highest BCUT2D eigenvalue weighted by Gasteiger charge is 2.09. The van der Waals surface area contributed by atoms with Gasteiger partial charge in [-0.15, -0.1) is 0 Å². The van der Waals surface area contributed by atoms with Crippen molar-refractivity contribution in [3.05, 3.63) is 58.1 Å². The predicted molar refractivity (Wildman–Crippen MR) is 78.8 cm³/mol. The van der Waals surface area contributed by atoms with E-state index in [4.69, 9.17) is 0 Å². The van der Waals surface area contributed by atoms with E-state index >= 15 is 0 Å². The lowest BCUT2D eigenvalue weighted by molar-refractivity contribution is 0.112. The normalized spacial score (nSPS) is 10.2. The number of carbonyl (C=O) groups excluding carboxylic acids is 1. The van der Waals surface area contributed by atoms with E-state index in [0.29, 0.717) is 5.56 Å². The van der Waals surface area contributed by atoms with Gasteiger partial charge in [0.25, 0.3) is 0 Å². The van der Waals surface area contributed by atoms with Crippen molar-refractivity contribution in [2.45, 2.75) is 6.92 Å². The molecule has 18 heavy (non-hydrogen) atoms. The summed E-state index contributed by atoms with van der Waals surface area (Å²) in [7, 11) is 1.96. The monoisotopic (exact) mass is 303 g/mol. The molecule has 0 saturated heterocycles. The summed E-state index contributed by atoms with van der Waals surface area (Å²) >= 11 is 3.37. The van der Waals surface area contributed by atoms with E-state index in [1.165, 1.54) is 5.56 Å². The number of benzene rings is 2. The molecule has 0 amide bonds. The number of anilines is 2. The molecule has 0 aliphatic carbocycles. The van der Waals surface area contributed by atoms with Crippen LogP contribution in [0.3, 0.4) is 0 Å². The van der Waals surface area contributed by atoms with E-state index in [1.54, 1.807) is 0 Å². The van der Waals surface area contributed by atoms with E-state index in [0.717, 1.165) is 22.1 Å². The van der Waals surface area contributed by atoms with Crippen molar-refractivity contribution in [1.82, 2.24) is 0 Å². The number of nitrogens with zero attached hydrogens (tertiary/aromatic N) is 1. The topological polar surface area (TPSA) is 20.3 Å². The Hall–Kier alpha value is -1.61. The molecule has 2 aromatic rings. The van der Waals surface area contributed by atoms with Crippen LogP contribution in [0.5, 0.6) is 0 Å². The molecule has 2 nitrogen and oxygen atoms in total. The van der Waals surface area contributed by atoms with Gasteiger partial charge in [0.2, 0.25) is 0 Å². The molecule has 0 unspecified atom stereocenters. The predicted octanol–water partition coefficient (Wildman–Crippen LogP) is 4.34. The molecule has 92 valence electrons. The fraction of sp³-hybridized carbons (Fsp3) is 0.133.